The molecule has 0 fully saturated rings. The van der Waals surface area contributed by atoms with Gasteiger partial charge in [0.15, 0.2) is 5.78 Å². The van der Waals surface area contributed by atoms with Gasteiger partial charge in [0, 0.05) is 40.7 Å². The minimum Gasteiger partial charge on any atom is -0.463 e. The van der Waals surface area contributed by atoms with E-state index in [1.165, 1.54) is 0 Å². The monoisotopic (exact) mass is 332 g/mol. The van der Waals surface area contributed by atoms with Crippen LogP contribution in [-0.2, 0) is 16.1 Å². The van der Waals surface area contributed by atoms with Crippen LogP contribution < -0.4 is 0 Å². The first kappa shape index (κ1) is 15.3. The number of rotatable bonds is 5. The van der Waals surface area contributed by atoms with Crippen molar-refractivity contribution in [3.8, 4) is 0 Å². The van der Waals surface area contributed by atoms with Crippen molar-refractivity contribution in [1.29, 1.82) is 0 Å². The van der Waals surface area contributed by atoms with Crippen LogP contribution in [0.15, 0.2) is 48.8 Å². The average Bonchev–Trinajstić information content (AvgIpc) is 2.99. The van der Waals surface area contributed by atoms with Crippen molar-refractivity contribution in [3.05, 3.63) is 59.9 Å². The third-order valence-electron chi connectivity index (χ3n) is 4.40. The molecule has 0 saturated heterocycles. The second-order valence-electron chi connectivity index (χ2n) is 5.94. The zero-order valence-electron chi connectivity index (χ0n) is 13.7. The Kier molecular flexibility index (Phi) is 3.69. The number of hydrogen-bond acceptors (Lipinski definition) is 4. The molecule has 0 amide bonds. The van der Waals surface area contributed by atoms with Gasteiger partial charge in [-0.2, -0.15) is 0 Å². The van der Waals surface area contributed by atoms with Crippen molar-refractivity contribution in [2.75, 3.05) is 0 Å². The SMILES string of the molecule is CCC(=O)c1cc2c3nc4ccccc4cc3cn2cc1COC=O. The standard InChI is InChI=1S/C20H16N2O3/c1-2-19(24)16-8-18-20-14(7-13-5-3-4-6-17(13)21-20)9-22(18)10-15(16)11-25-12-23/h3-10,12H,2,11H2,1H3. The zero-order chi connectivity index (χ0) is 17.4. The number of hydrogen-bond donors (Lipinski definition) is 0. The lowest BCUT2D eigenvalue weighted by atomic mass is 10.0. The number of carbonyl (C=O) groups excluding carboxylic acids is 2. The van der Waals surface area contributed by atoms with Crippen LogP contribution in [0.25, 0.3) is 27.3 Å². The summed E-state index contributed by atoms with van der Waals surface area (Å²) in [7, 11) is 0. The van der Waals surface area contributed by atoms with Crippen LogP contribution in [-0.4, -0.2) is 21.6 Å². The van der Waals surface area contributed by atoms with E-state index in [1.807, 2.05) is 54.0 Å². The summed E-state index contributed by atoms with van der Waals surface area (Å²) in [6, 6.07) is 11.9. The summed E-state index contributed by atoms with van der Waals surface area (Å²) in [4.78, 5) is 27.6. The summed E-state index contributed by atoms with van der Waals surface area (Å²) in [6.07, 6.45) is 4.21. The van der Waals surface area contributed by atoms with Crippen molar-refractivity contribution in [2.24, 2.45) is 0 Å². The van der Waals surface area contributed by atoms with Crippen LogP contribution in [0.3, 0.4) is 0 Å². The van der Waals surface area contributed by atoms with Gasteiger partial charge in [0.1, 0.15) is 6.61 Å². The molecule has 0 bridgehead atoms. The second kappa shape index (κ2) is 6.02. The summed E-state index contributed by atoms with van der Waals surface area (Å²) < 4.78 is 6.82. The van der Waals surface area contributed by atoms with E-state index in [2.05, 4.69) is 6.07 Å². The maximum Gasteiger partial charge on any atom is 0.293 e. The lowest BCUT2D eigenvalue weighted by molar-refractivity contribution is -0.129. The number of para-hydroxylation sites is 1. The Morgan fingerprint density at radius 3 is 2.84 bits per heavy atom. The predicted molar refractivity (Wildman–Crippen MR) is 95.7 cm³/mol. The summed E-state index contributed by atoms with van der Waals surface area (Å²) in [6.45, 7) is 2.29. The Hall–Kier alpha value is -3.21. The van der Waals surface area contributed by atoms with Crippen molar-refractivity contribution in [2.45, 2.75) is 20.0 Å². The maximum absolute atomic E-state index is 12.3. The third-order valence-corrected chi connectivity index (χ3v) is 4.40. The highest BCUT2D eigenvalue weighted by atomic mass is 16.5. The quantitative estimate of drug-likeness (QED) is 0.411. The Labute approximate surface area is 143 Å². The van der Waals surface area contributed by atoms with Gasteiger partial charge >= 0.3 is 0 Å². The Balaban J connectivity index is 2.01. The fourth-order valence-corrected chi connectivity index (χ4v) is 3.18. The minimum absolute atomic E-state index is 0.0159. The molecule has 0 aliphatic heterocycles. The molecule has 1 aromatic carbocycles. The fourth-order valence-electron chi connectivity index (χ4n) is 3.18. The van der Waals surface area contributed by atoms with Crippen LogP contribution in [0.5, 0.6) is 0 Å². The van der Waals surface area contributed by atoms with Gasteiger partial charge in [-0.25, -0.2) is 4.98 Å². The number of ketones is 1. The van der Waals surface area contributed by atoms with Gasteiger partial charge in [-0.1, -0.05) is 25.1 Å². The number of pyridine rings is 2. The van der Waals surface area contributed by atoms with Gasteiger partial charge in [0.05, 0.1) is 16.6 Å². The van der Waals surface area contributed by atoms with Crippen LogP contribution in [0.2, 0.25) is 0 Å². The third kappa shape index (κ3) is 2.54. The predicted octanol–water partition coefficient (Wildman–Crippen LogP) is 3.91. The fraction of sp³-hybridized carbons (Fsp3) is 0.150. The van der Waals surface area contributed by atoms with Crippen LogP contribution >= 0.6 is 0 Å². The van der Waals surface area contributed by atoms with Crippen LogP contribution in [0.4, 0.5) is 0 Å². The summed E-state index contributed by atoms with van der Waals surface area (Å²) in [5.74, 6) is 0.0159. The number of fused-ring (bicyclic) bond motifs is 4. The van der Waals surface area contributed by atoms with E-state index >= 15 is 0 Å². The van der Waals surface area contributed by atoms with Gasteiger partial charge in [-0.05, 0) is 18.2 Å². The number of aromatic nitrogens is 2. The minimum atomic E-state index is 0.0159. The molecular formula is C20H16N2O3. The molecule has 4 aromatic rings. The van der Waals surface area contributed by atoms with Gasteiger partial charge < -0.3 is 9.14 Å². The molecule has 3 aromatic heterocycles. The van der Waals surface area contributed by atoms with E-state index in [4.69, 9.17) is 9.72 Å². The van der Waals surface area contributed by atoms with Gasteiger partial charge in [0.2, 0.25) is 0 Å². The van der Waals surface area contributed by atoms with Gasteiger partial charge in [-0.3, -0.25) is 9.59 Å². The van der Waals surface area contributed by atoms with E-state index in [0.717, 1.165) is 27.3 Å². The first-order valence-electron chi connectivity index (χ1n) is 8.13. The molecule has 4 rings (SSSR count). The van der Waals surface area contributed by atoms with Crippen molar-refractivity contribution >= 4 is 39.6 Å². The number of benzene rings is 1. The first-order chi connectivity index (χ1) is 12.2. The Morgan fingerprint density at radius 2 is 2.04 bits per heavy atom. The Bertz CT molecular complexity index is 1130. The van der Waals surface area contributed by atoms with E-state index in [0.29, 0.717) is 24.0 Å². The van der Waals surface area contributed by atoms with E-state index in [-0.39, 0.29) is 12.4 Å². The second-order valence-corrected chi connectivity index (χ2v) is 5.94. The van der Waals surface area contributed by atoms with Gasteiger partial charge in [-0.15, -0.1) is 0 Å². The number of nitrogens with zero attached hydrogens (tertiary/aromatic N) is 2. The molecule has 0 aliphatic carbocycles. The first-order valence-corrected chi connectivity index (χ1v) is 8.13. The molecule has 0 aliphatic rings. The van der Waals surface area contributed by atoms with E-state index in [1.54, 1.807) is 0 Å². The van der Waals surface area contributed by atoms with Crippen LogP contribution in [0, 0.1) is 0 Å². The van der Waals surface area contributed by atoms with Crippen molar-refractivity contribution < 1.29 is 14.3 Å². The average molecular weight is 332 g/mol. The summed E-state index contributed by atoms with van der Waals surface area (Å²) in [5.41, 5.74) is 3.90. The number of Topliss-reactive ketones (excluding diaryl/α,β-unsaturated/α-hetero) is 1. The molecule has 0 saturated carbocycles. The molecule has 0 radical (unpaired) electrons. The molecule has 124 valence electrons. The zero-order valence-corrected chi connectivity index (χ0v) is 13.7. The molecule has 0 spiro atoms. The van der Waals surface area contributed by atoms with Crippen molar-refractivity contribution in [1.82, 2.24) is 9.38 Å². The highest BCUT2D eigenvalue weighted by Crippen LogP contribution is 2.27. The smallest absolute Gasteiger partial charge is 0.293 e. The largest absolute Gasteiger partial charge is 0.463 e. The number of carbonyl (C=O) groups is 2. The van der Waals surface area contributed by atoms with E-state index < -0.39 is 0 Å². The van der Waals surface area contributed by atoms with Crippen molar-refractivity contribution in [3.63, 3.8) is 0 Å². The molecule has 5 heteroatoms. The lowest BCUT2D eigenvalue weighted by Gasteiger charge is -2.09. The highest BCUT2D eigenvalue weighted by molar-refractivity contribution is 6.04. The molecule has 0 atom stereocenters. The summed E-state index contributed by atoms with van der Waals surface area (Å²) in [5, 5.41) is 2.07. The number of ether oxygens (including phenoxy) is 1. The summed E-state index contributed by atoms with van der Waals surface area (Å²) >= 11 is 0. The molecular weight excluding hydrogens is 316 g/mol. The van der Waals surface area contributed by atoms with Crippen LogP contribution in [0.1, 0.15) is 29.3 Å². The Morgan fingerprint density at radius 1 is 1.20 bits per heavy atom. The lowest BCUT2D eigenvalue weighted by Crippen LogP contribution is -2.06. The molecule has 5 nitrogen and oxygen atoms in total. The molecule has 25 heavy (non-hydrogen) atoms. The molecule has 0 N–H and O–H groups in total. The molecule has 0 unspecified atom stereocenters. The highest BCUT2D eigenvalue weighted by Gasteiger charge is 2.15. The maximum atomic E-state index is 12.3. The topological polar surface area (TPSA) is 60.7 Å². The van der Waals surface area contributed by atoms with E-state index in [9.17, 15) is 9.59 Å². The molecule has 3 heterocycles. The normalized spacial score (nSPS) is 11.2. The van der Waals surface area contributed by atoms with Gasteiger partial charge in [0.25, 0.3) is 6.47 Å².